The molecule has 2 heteroatoms. The SMILES string of the molecule is CC.CC(C)C1CCC(=O)O1. The molecule has 1 unspecified atom stereocenters. The molecule has 0 N–H and O–H groups in total. The van der Waals surface area contributed by atoms with Crippen LogP contribution in [-0.2, 0) is 9.53 Å². The van der Waals surface area contributed by atoms with Gasteiger partial charge in [0, 0.05) is 6.42 Å². The topological polar surface area (TPSA) is 26.3 Å². The summed E-state index contributed by atoms with van der Waals surface area (Å²) in [5.74, 6) is 0.449. The molecule has 0 aromatic rings. The fraction of sp³-hybridized carbons (Fsp3) is 0.889. The summed E-state index contributed by atoms with van der Waals surface area (Å²) in [6.07, 6.45) is 1.72. The van der Waals surface area contributed by atoms with Gasteiger partial charge in [-0.15, -0.1) is 0 Å². The van der Waals surface area contributed by atoms with Crippen LogP contribution in [0, 0.1) is 5.92 Å². The van der Waals surface area contributed by atoms with Crippen LogP contribution in [0.25, 0.3) is 0 Å². The first-order chi connectivity index (χ1) is 5.20. The van der Waals surface area contributed by atoms with Crippen molar-refractivity contribution in [3.63, 3.8) is 0 Å². The van der Waals surface area contributed by atoms with Crippen LogP contribution in [0.3, 0.4) is 0 Å². The van der Waals surface area contributed by atoms with Gasteiger partial charge in [-0.05, 0) is 12.3 Å². The first-order valence-electron chi connectivity index (χ1n) is 4.39. The van der Waals surface area contributed by atoms with Gasteiger partial charge < -0.3 is 4.74 Å². The number of rotatable bonds is 1. The second-order valence-corrected chi connectivity index (χ2v) is 2.81. The van der Waals surface area contributed by atoms with Crippen molar-refractivity contribution in [1.82, 2.24) is 0 Å². The number of ether oxygens (including phenoxy) is 1. The Kier molecular flexibility index (Phi) is 4.92. The highest BCUT2D eigenvalue weighted by molar-refractivity contribution is 5.71. The monoisotopic (exact) mass is 158 g/mol. The molecule has 0 spiro atoms. The molecule has 2 nitrogen and oxygen atoms in total. The minimum atomic E-state index is -0.0336. The van der Waals surface area contributed by atoms with E-state index in [0.29, 0.717) is 12.3 Å². The van der Waals surface area contributed by atoms with Gasteiger partial charge in [0.05, 0.1) is 0 Å². The molecule has 0 aliphatic carbocycles. The molecule has 0 saturated carbocycles. The summed E-state index contributed by atoms with van der Waals surface area (Å²) < 4.78 is 4.98. The van der Waals surface area contributed by atoms with Gasteiger partial charge in [0.15, 0.2) is 0 Å². The summed E-state index contributed by atoms with van der Waals surface area (Å²) in [5, 5.41) is 0. The molecular weight excluding hydrogens is 140 g/mol. The molecular formula is C9H18O2. The first-order valence-corrected chi connectivity index (χ1v) is 4.39. The third-order valence-electron chi connectivity index (χ3n) is 1.66. The van der Waals surface area contributed by atoms with Crippen LogP contribution in [0.5, 0.6) is 0 Å². The number of cyclic esters (lactones) is 1. The van der Waals surface area contributed by atoms with E-state index in [0.717, 1.165) is 6.42 Å². The minimum Gasteiger partial charge on any atom is -0.462 e. The van der Waals surface area contributed by atoms with E-state index in [1.54, 1.807) is 0 Å². The number of hydrogen-bond donors (Lipinski definition) is 0. The maximum absolute atomic E-state index is 10.5. The first kappa shape index (κ1) is 10.5. The van der Waals surface area contributed by atoms with Crippen LogP contribution in [0.4, 0.5) is 0 Å². The Labute approximate surface area is 68.9 Å². The number of hydrogen-bond acceptors (Lipinski definition) is 2. The van der Waals surface area contributed by atoms with Crippen molar-refractivity contribution in [2.75, 3.05) is 0 Å². The number of carbonyl (C=O) groups excluding carboxylic acids is 1. The van der Waals surface area contributed by atoms with Crippen molar-refractivity contribution < 1.29 is 9.53 Å². The Balaban J connectivity index is 0.000000461. The molecule has 0 aromatic carbocycles. The molecule has 1 aliphatic heterocycles. The van der Waals surface area contributed by atoms with E-state index in [-0.39, 0.29) is 12.1 Å². The summed E-state index contributed by atoms with van der Waals surface area (Å²) >= 11 is 0. The lowest BCUT2D eigenvalue weighted by molar-refractivity contribution is -0.142. The predicted molar refractivity (Wildman–Crippen MR) is 45.3 cm³/mol. The van der Waals surface area contributed by atoms with Crippen molar-refractivity contribution >= 4 is 5.97 Å². The van der Waals surface area contributed by atoms with Gasteiger partial charge in [0.1, 0.15) is 6.10 Å². The van der Waals surface area contributed by atoms with Crippen molar-refractivity contribution in [3.05, 3.63) is 0 Å². The maximum Gasteiger partial charge on any atom is 0.306 e. The lowest BCUT2D eigenvalue weighted by Gasteiger charge is -2.11. The van der Waals surface area contributed by atoms with Crippen LogP contribution < -0.4 is 0 Å². The van der Waals surface area contributed by atoms with Gasteiger partial charge >= 0.3 is 5.97 Å². The molecule has 11 heavy (non-hydrogen) atoms. The molecule has 0 radical (unpaired) electrons. The molecule has 1 rings (SSSR count). The van der Waals surface area contributed by atoms with E-state index in [4.69, 9.17) is 4.74 Å². The Bertz CT molecular complexity index is 119. The molecule has 1 heterocycles. The molecule has 1 atom stereocenters. The Morgan fingerprint density at radius 3 is 2.18 bits per heavy atom. The van der Waals surface area contributed by atoms with Gasteiger partial charge in [-0.2, -0.15) is 0 Å². The lowest BCUT2D eigenvalue weighted by Crippen LogP contribution is -2.13. The molecule has 0 bridgehead atoms. The smallest absolute Gasteiger partial charge is 0.306 e. The molecule has 0 amide bonds. The van der Waals surface area contributed by atoms with E-state index in [2.05, 4.69) is 13.8 Å². The van der Waals surface area contributed by atoms with E-state index >= 15 is 0 Å². The molecule has 66 valence electrons. The van der Waals surface area contributed by atoms with E-state index in [9.17, 15) is 4.79 Å². The Hall–Kier alpha value is -0.530. The van der Waals surface area contributed by atoms with Crippen LogP contribution in [0.1, 0.15) is 40.5 Å². The maximum atomic E-state index is 10.5. The Morgan fingerprint density at radius 2 is 2.00 bits per heavy atom. The predicted octanol–water partition coefficient (Wildman–Crippen LogP) is 2.37. The van der Waals surface area contributed by atoms with Gasteiger partial charge in [-0.3, -0.25) is 4.79 Å². The molecule has 0 aromatic heterocycles. The molecule has 1 saturated heterocycles. The van der Waals surface area contributed by atoms with E-state index in [1.807, 2.05) is 13.8 Å². The molecule has 1 aliphatic rings. The number of esters is 1. The number of carbonyl (C=O) groups is 1. The zero-order chi connectivity index (χ0) is 8.85. The van der Waals surface area contributed by atoms with Crippen molar-refractivity contribution in [3.8, 4) is 0 Å². The average molecular weight is 158 g/mol. The largest absolute Gasteiger partial charge is 0.462 e. The van der Waals surface area contributed by atoms with Crippen molar-refractivity contribution in [1.29, 1.82) is 0 Å². The van der Waals surface area contributed by atoms with Gasteiger partial charge in [0.25, 0.3) is 0 Å². The highest BCUT2D eigenvalue weighted by atomic mass is 16.5. The third kappa shape index (κ3) is 3.40. The van der Waals surface area contributed by atoms with Crippen LogP contribution in [-0.4, -0.2) is 12.1 Å². The summed E-state index contributed by atoms with van der Waals surface area (Å²) in [4.78, 5) is 10.5. The second-order valence-electron chi connectivity index (χ2n) is 2.81. The van der Waals surface area contributed by atoms with Crippen LogP contribution in [0.15, 0.2) is 0 Å². The Morgan fingerprint density at radius 1 is 1.45 bits per heavy atom. The van der Waals surface area contributed by atoms with Crippen LogP contribution in [0.2, 0.25) is 0 Å². The summed E-state index contributed by atoms with van der Waals surface area (Å²) in [6.45, 7) is 8.15. The highest BCUT2D eigenvalue weighted by Gasteiger charge is 2.25. The zero-order valence-electron chi connectivity index (χ0n) is 7.89. The minimum absolute atomic E-state index is 0.0336. The fourth-order valence-corrected chi connectivity index (χ4v) is 1.02. The fourth-order valence-electron chi connectivity index (χ4n) is 1.02. The second kappa shape index (κ2) is 5.16. The normalized spacial score (nSPS) is 22.6. The van der Waals surface area contributed by atoms with E-state index in [1.165, 1.54) is 0 Å². The molecule has 1 fully saturated rings. The third-order valence-corrected chi connectivity index (χ3v) is 1.66. The van der Waals surface area contributed by atoms with Gasteiger partial charge in [-0.1, -0.05) is 27.7 Å². The summed E-state index contributed by atoms with van der Waals surface area (Å²) in [5.41, 5.74) is 0. The van der Waals surface area contributed by atoms with E-state index < -0.39 is 0 Å². The quantitative estimate of drug-likeness (QED) is 0.548. The van der Waals surface area contributed by atoms with Crippen molar-refractivity contribution in [2.24, 2.45) is 5.92 Å². The summed E-state index contributed by atoms with van der Waals surface area (Å²) in [6, 6.07) is 0. The highest BCUT2D eigenvalue weighted by Crippen LogP contribution is 2.20. The standard InChI is InChI=1S/C7H12O2.C2H6/c1-5(2)6-3-4-7(8)9-6;1-2/h5-6H,3-4H2,1-2H3;1-2H3. The van der Waals surface area contributed by atoms with Gasteiger partial charge in [-0.25, -0.2) is 0 Å². The van der Waals surface area contributed by atoms with Gasteiger partial charge in [0.2, 0.25) is 0 Å². The zero-order valence-corrected chi connectivity index (χ0v) is 7.89. The average Bonchev–Trinajstić information content (AvgIpc) is 2.40. The summed E-state index contributed by atoms with van der Waals surface area (Å²) in [7, 11) is 0. The lowest BCUT2D eigenvalue weighted by atomic mass is 10.1. The van der Waals surface area contributed by atoms with Crippen LogP contribution >= 0.6 is 0 Å². The van der Waals surface area contributed by atoms with Crippen molar-refractivity contribution in [2.45, 2.75) is 46.6 Å².